The largest absolute Gasteiger partial charge is 0.400 e. The molecule has 0 radical (unpaired) electrons. The number of hydrogen-bond acceptors (Lipinski definition) is 9. The first-order valence-corrected chi connectivity index (χ1v) is 8.37. The summed E-state index contributed by atoms with van der Waals surface area (Å²) >= 11 is 0. The van der Waals surface area contributed by atoms with Crippen molar-refractivity contribution in [3.05, 3.63) is 71.8 Å². The first kappa shape index (κ1) is 21.6. The topological polar surface area (TPSA) is 114 Å². The zero-order chi connectivity index (χ0) is 21.2. The quantitative estimate of drug-likeness (QED) is 0.485. The van der Waals surface area contributed by atoms with Crippen molar-refractivity contribution >= 4 is 23.9 Å². The van der Waals surface area contributed by atoms with Crippen LogP contribution >= 0.6 is 0 Å². The van der Waals surface area contributed by atoms with E-state index in [9.17, 15) is 19.2 Å². The van der Waals surface area contributed by atoms with Crippen molar-refractivity contribution in [2.24, 2.45) is 0 Å². The lowest BCUT2D eigenvalue weighted by Crippen LogP contribution is -2.35. The average Bonchev–Trinajstić information content (AvgIpc) is 2.68. The second-order valence-electron chi connectivity index (χ2n) is 5.47. The molecule has 0 N–H and O–H groups in total. The molecule has 0 amide bonds. The Labute approximate surface area is 166 Å². The molecule has 9 heteroatoms. The Morgan fingerprint density at radius 3 is 1.24 bits per heavy atom. The molecule has 0 aliphatic carbocycles. The second-order valence-corrected chi connectivity index (χ2v) is 5.47. The fourth-order valence-corrected chi connectivity index (χ4v) is 1.98. The monoisotopic (exact) mass is 402 g/mol. The molecule has 2 unspecified atom stereocenters. The molecule has 2 aromatic rings. The molecule has 152 valence electrons. The summed E-state index contributed by atoms with van der Waals surface area (Å²) in [5, 5.41) is 0. The highest BCUT2D eigenvalue weighted by molar-refractivity contribution is 5.90. The van der Waals surface area contributed by atoms with Crippen LogP contribution in [0.15, 0.2) is 60.7 Å². The van der Waals surface area contributed by atoms with Crippen LogP contribution in [0, 0.1) is 0 Å². The predicted molar refractivity (Wildman–Crippen MR) is 95.9 cm³/mol. The minimum Gasteiger partial charge on any atom is -0.400 e. The summed E-state index contributed by atoms with van der Waals surface area (Å²) in [4.78, 5) is 47.0. The van der Waals surface area contributed by atoms with Crippen LogP contribution in [0.1, 0.15) is 34.6 Å². The number of esters is 4. The molecule has 2 aromatic carbocycles. The Morgan fingerprint density at radius 2 is 0.931 bits per heavy atom. The van der Waals surface area contributed by atoms with Gasteiger partial charge in [-0.1, -0.05) is 36.4 Å². The minimum atomic E-state index is -1.94. The lowest BCUT2D eigenvalue weighted by atomic mass is 10.2. The van der Waals surface area contributed by atoms with Crippen LogP contribution in [0.25, 0.3) is 0 Å². The lowest BCUT2D eigenvalue weighted by Gasteiger charge is -2.23. The van der Waals surface area contributed by atoms with E-state index < -0.39 is 36.8 Å². The van der Waals surface area contributed by atoms with Gasteiger partial charge in [-0.15, -0.1) is 0 Å². The van der Waals surface area contributed by atoms with Gasteiger partial charge in [0.05, 0.1) is 11.1 Å². The van der Waals surface area contributed by atoms with Gasteiger partial charge in [0.1, 0.15) is 0 Å². The summed E-state index contributed by atoms with van der Waals surface area (Å²) in [6.45, 7) is -1.78. The molecule has 0 aliphatic rings. The Kier molecular flexibility index (Phi) is 7.87. The van der Waals surface area contributed by atoms with E-state index in [0.717, 1.165) is 13.8 Å². The van der Waals surface area contributed by atoms with Crippen molar-refractivity contribution in [3.8, 4) is 0 Å². The molecule has 0 aliphatic heterocycles. The van der Waals surface area contributed by atoms with Gasteiger partial charge < -0.3 is 18.9 Å². The molecular weight excluding hydrogens is 384 g/mol. The number of carbonyl (C=O) groups excluding carboxylic acids is 4. The molecule has 9 nitrogen and oxygen atoms in total. The molecule has 2 atom stereocenters. The first-order chi connectivity index (χ1) is 13.8. The third-order valence-electron chi connectivity index (χ3n) is 3.17. The van der Waals surface area contributed by atoms with Crippen LogP contribution < -0.4 is 0 Å². The third-order valence-corrected chi connectivity index (χ3v) is 3.17. The average molecular weight is 402 g/mol. The molecular formula is C20H18O9. The maximum absolute atomic E-state index is 12.2. The van der Waals surface area contributed by atoms with Gasteiger partial charge in [-0.25, -0.2) is 14.3 Å². The predicted octanol–water partition coefficient (Wildman–Crippen LogP) is 2.41. The van der Waals surface area contributed by atoms with E-state index >= 15 is 0 Å². The molecule has 0 heterocycles. The second kappa shape index (κ2) is 10.6. The Morgan fingerprint density at radius 1 is 0.586 bits per heavy atom. The normalized spacial score (nSPS) is 12.2. The smallest absolute Gasteiger partial charge is 0.370 e. The summed E-state index contributed by atoms with van der Waals surface area (Å²) in [6, 6.07) is 15.6. The Bertz CT molecular complexity index is 777. The molecule has 2 rings (SSSR count). The first-order valence-electron chi connectivity index (χ1n) is 8.37. The number of carbonyl (C=O) groups is 4. The van der Waals surface area contributed by atoms with Crippen LogP contribution in [-0.2, 0) is 33.3 Å². The highest BCUT2D eigenvalue weighted by Gasteiger charge is 2.28. The molecule has 0 fully saturated rings. The summed E-state index contributed by atoms with van der Waals surface area (Å²) in [7, 11) is 0. The van der Waals surface area contributed by atoms with E-state index in [0.29, 0.717) is 0 Å². The zero-order valence-electron chi connectivity index (χ0n) is 15.6. The van der Waals surface area contributed by atoms with Crippen LogP contribution in [-0.4, -0.2) is 36.8 Å². The van der Waals surface area contributed by atoms with Gasteiger partial charge in [0.2, 0.25) is 0 Å². The van der Waals surface area contributed by atoms with Gasteiger partial charge in [0, 0.05) is 13.8 Å². The van der Waals surface area contributed by atoms with Gasteiger partial charge in [-0.3, -0.25) is 9.59 Å². The summed E-state index contributed by atoms with van der Waals surface area (Å²) in [5.74, 6) is -3.47. The van der Waals surface area contributed by atoms with Crippen LogP contribution in [0.3, 0.4) is 0 Å². The summed E-state index contributed by atoms with van der Waals surface area (Å²) in [5.41, 5.74) is 0.303. The van der Waals surface area contributed by atoms with Crippen LogP contribution in [0.5, 0.6) is 0 Å². The fraction of sp³-hybridized carbons (Fsp3) is 0.200. The van der Waals surface area contributed by atoms with Crippen molar-refractivity contribution in [1.82, 2.24) is 0 Å². The van der Waals surface area contributed by atoms with E-state index in [2.05, 4.69) is 0 Å². The van der Waals surface area contributed by atoms with Gasteiger partial charge >= 0.3 is 36.8 Å². The van der Waals surface area contributed by atoms with Crippen molar-refractivity contribution in [3.63, 3.8) is 0 Å². The maximum atomic E-state index is 12.2. The molecule has 0 bridgehead atoms. The molecule has 0 aromatic heterocycles. The third kappa shape index (κ3) is 7.43. The molecule has 0 spiro atoms. The molecule has 29 heavy (non-hydrogen) atoms. The highest BCUT2D eigenvalue weighted by Crippen LogP contribution is 2.13. The van der Waals surface area contributed by atoms with Crippen molar-refractivity contribution in [2.45, 2.75) is 26.8 Å². The van der Waals surface area contributed by atoms with Crippen molar-refractivity contribution in [1.29, 1.82) is 0 Å². The SMILES string of the molecule is CC(=O)OC(OC(=O)c1ccccc1)OC(OC(C)=O)OC(=O)c1ccccc1. The van der Waals surface area contributed by atoms with E-state index in [4.69, 9.17) is 23.7 Å². The fourth-order valence-electron chi connectivity index (χ4n) is 1.98. The number of rotatable bonds is 8. The minimum absolute atomic E-state index is 0.151. The Balaban J connectivity index is 2.12. The van der Waals surface area contributed by atoms with Gasteiger partial charge in [-0.2, -0.15) is 0 Å². The maximum Gasteiger partial charge on any atom is 0.370 e. The van der Waals surface area contributed by atoms with Gasteiger partial charge in [0.25, 0.3) is 0 Å². The summed E-state index contributed by atoms with van der Waals surface area (Å²) < 4.78 is 24.5. The Hall–Kier alpha value is -3.72. The zero-order valence-corrected chi connectivity index (χ0v) is 15.6. The van der Waals surface area contributed by atoms with Crippen LogP contribution in [0.4, 0.5) is 0 Å². The van der Waals surface area contributed by atoms with Crippen LogP contribution in [0.2, 0.25) is 0 Å². The molecule has 0 saturated heterocycles. The highest BCUT2D eigenvalue weighted by atomic mass is 17.0. The number of ether oxygens (including phenoxy) is 5. The van der Waals surface area contributed by atoms with Crippen molar-refractivity contribution < 1.29 is 42.9 Å². The standard InChI is InChI=1S/C20H18O9/c1-13(21)25-19(27-17(23)15-9-5-3-6-10-15)29-20(26-14(2)22)28-18(24)16-11-7-4-8-12-16/h3-12,19-20H,1-2H3. The van der Waals surface area contributed by atoms with E-state index in [1.807, 2.05) is 0 Å². The van der Waals surface area contributed by atoms with E-state index in [1.165, 1.54) is 24.3 Å². The van der Waals surface area contributed by atoms with E-state index in [1.54, 1.807) is 36.4 Å². The van der Waals surface area contributed by atoms with Gasteiger partial charge in [-0.05, 0) is 24.3 Å². The van der Waals surface area contributed by atoms with E-state index in [-0.39, 0.29) is 11.1 Å². The number of hydrogen-bond donors (Lipinski definition) is 0. The number of benzene rings is 2. The lowest BCUT2D eigenvalue weighted by molar-refractivity contribution is -0.351. The molecule has 0 saturated carbocycles. The van der Waals surface area contributed by atoms with Gasteiger partial charge in [0.15, 0.2) is 0 Å². The van der Waals surface area contributed by atoms with Crippen molar-refractivity contribution in [2.75, 3.05) is 0 Å². The summed E-state index contributed by atoms with van der Waals surface area (Å²) in [6.07, 6.45) is 0.